The minimum atomic E-state index is -4.11. The molecule has 1 fully saturated rings. The first-order chi connectivity index (χ1) is 9.42. The fraction of sp³-hybridized carbons (Fsp3) is 0.571. The lowest BCUT2D eigenvalue weighted by molar-refractivity contribution is -0.149. The van der Waals surface area contributed by atoms with E-state index in [4.69, 9.17) is 4.74 Å². The van der Waals surface area contributed by atoms with E-state index in [1.165, 1.54) is 4.90 Å². The number of benzene rings is 1. The van der Waals surface area contributed by atoms with Crippen LogP contribution in [0.5, 0.6) is 5.75 Å². The van der Waals surface area contributed by atoms with Crippen LogP contribution in [0.1, 0.15) is 12.8 Å². The molecule has 1 aliphatic heterocycles. The molecule has 20 heavy (non-hydrogen) atoms. The van der Waals surface area contributed by atoms with Crippen molar-refractivity contribution in [2.24, 2.45) is 5.92 Å². The Bertz CT molecular complexity index is 421. The number of hydrogen-bond acceptors (Lipinski definition) is 2. The SMILES string of the molecule is FC(F)(F)CN1CCC[C@H](COc2ccc(I)cc2)C1. The average Bonchev–Trinajstić information content (AvgIpc) is 2.36. The Labute approximate surface area is 130 Å². The van der Waals surface area contributed by atoms with E-state index >= 15 is 0 Å². The van der Waals surface area contributed by atoms with Crippen LogP contribution in [-0.4, -0.2) is 37.3 Å². The van der Waals surface area contributed by atoms with Crippen LogP contribution in [-0.2, 0) is 0 Å². The molecule has 1 aromatic carbocycles. The van der Waals surface area contributed by atoms with Crippen molar-refractivity contribution in [2.45, 2.75) is 19.0 Å². The van der Waals surface area contributed by atoms with Gasteiger partial charge in [-0.3, -0.25) is 4.90 Å². The van der Waals surface area contributed by atoms with Crippen molar-refractivity contribution in [1.29, 1.82) is 0 Å². The van der Waals surface area contributed by atoms with Crippen LogP contribution in [0.3, 0.4) is 0 Å². The van der Waals surface area contributed by atoms with E-state index in [0.29, 0.717) is 19.7 Å². The van der Waals surface area contributed by atoms with Gasteiger partial charge >= 0.3 is 6.18 Å². The topological polar surface area (TPSA) is 12.5 Å². The number of halogens is 4. The summed E-state index contributed by atoms with van der Waals surface area (Å²) in [6.07, 6.45) is -2.38. The summed E-state index contributed by atoms with van der Waals surface area (Å²) in [5.41, 5.74) is 0. The van der Waals surface area contributed by atoms with Gasteiger partial charge in [-0.05, 0) is 66.2 Å². The highest BCUT2D eigenvalue weighted by atomic mass is 127. The van der Waals surface area contributed by atoms with E-state index in [0.717, 1.165) is 22.2 Å². The molecule has 6 heteroatoms. The number of piperidine rings is 1. The minimum Gasteiger partial charge on any atom is -0.493 e. The van der Waals surface area contributed by atoms with Crippen molar-refractivity contribution in [2.75, 3.05) is 26.2 Å². The summed E-state index contributed by atoms with van der Waals surface area (Å²) in [6, 6.07) is 7.68. The van der Waals surface area contributed by atoms with Crippen molar-refractivity contribution in [3.8, 4) is 5.75 Å². The highest BCUT2D eigenvalue weighted by Gasteiger charge is 2.33. The standard InChI is InChI=1S/C14H17F3INO/c15-14(16,17)10-19-7-1-2-11(8-19)9-20-13-5-3-12(18)4-6-13/h3-6,11H,1-2,7-10H2/t11-/m0/s1. The molecule has 0 radical (unpaired) electrons. The second-order valence-electron chi connectivity index (χ2n) is 5.12. The summed E-state index contributed by atoms with van der Waals surface area (Å²) in [7, 11) is 0. The van der Waals surface area contributed by atoms with Gasteiger partial charge < -0.3 is 4.74 Å². The van der Waals surface area contributed by atoms with Crippen molar-refractivity contribution in [1.82, 2.24) is 4.90 Å². The maximum absolute atomic E-state index is 12.4. The predicted octanol–water partition coefficient (Wildman–Crippen LogP) is 3.94. The number of alkyl halides is 3. The van der Waals surface area contributed by atoms with E-state index in [-0.39, 0.29) is 5.92 Å². The van der Waals surface area contributed by atoms with Crippen LogP contribution in [0.15, 0.2) is 24.3 Å². The molecule has 2 rings (SSSR count). The summed E-state index contributed by atoms with van der Waals surface area (Å²) in [4.78, 5) is 1.48. The lowest BCUT2D eigenvalue weighted by Crippen LogP contribution is -2.42. The van der Waals surface area contributed by atoms with Crippen LogP contribution in [0.4, 0.5) is 13.2 Å². The van der Waals surface area contributed by atoms with E-state index in [2.05, 4.69) is 22.6 Å². The molecule has 0 amide bonds. The fourth-order valence-electron chi connectivity index (χ4n) is 2.43. The van der Waals surface area contributed by atoms with Crippen LogP contribution in [0, 0.1) is 9.49 Å². The molecule has 112 valence electrons. The molecule has 0 aromatic heterocycles. The van der Waals surface area contributed by atoms with Crippen molar-refractivity contribution >= 4 is 22.6 Å². The van der Waals surface area contributed by atoms with E-state index in [1.54, 1.807) is 0 Å². The molecular weight excluding hydrogens is 382 g/mol. The van der Waals surface area contributed by atoms with Gasteiger partial charge in [-0.25, -0.2) is 0 Å². The first kappa shape index (κ1) is 15.9. The van der Waals surface area contributed by atoms with Gasteiger partial charge in [0, 0.05) is 16.0 Å². The lowest BCUT2D eigenvalue weighted by Gasteiger charge is -2.32. The summed E-state index contributed by atoms with van der Waals surface area (Å²) in [5, 5.41) is 0. The predicted molar refractivity (Wildman–Crippen MR) is 79.9 cm³/mol. The molecule has 1 aromatic rings. The van der Waals surface area contributed by atoms with Gasteiger partial charge in [0.05, 0.1) is 13.2 Å². The van der Waals surface area contributed by atoms with Gasteiger partial charge in [0.25, 0.3) is 0 Å². The smallest absolute Gasteiger partial charge is 0.401 e. The molecule has 1 heterocycles. The lowest BCUT2D eigenvalue weighted by atomic mass is 9.99. The quantitative estimate of drug-likeness (QED) is 0.712. The van der Waals surface area contributed by atoms with Gasteiger partial charge in [0.2, 0.25) is 0 Å². The van der Waals surface area contributed by atoms with E-state index < -0.39 is 12.7 Å². The Morgan fingerprint density at radius 1 is 1.25 bits per heavy atom. The zero-order valence-electron chi connectivity index (χ0n) is 11.0. The van der Waals surface area contributed by atoms with Crippen LogP contribution in [0.25, 0.3) is 0 Å². The fourth-order valence-corrected chi connectivity index (χ4v) is 2.79. The highest BCUT2D eigenvalue weighted by Crippen LogP contribution is 2.23. The normalized spacial score (nSPS) is 20.9. The molecule has 0 N–H and O–H groups in total. The molecule has 0 saturated carbocycles. The molecular formula is C14H17F3INO. The second kappa shape index (κ2) is 6.98. The van der Waals surface area contributed by atoms with Crippen molar-refractivity contribution in [3.05, 3.63) is 27.8 Å². The number of rotatable bonds is 4. The molecule has 1 atom stereocenters. The Hall–Kier alpha value is -0.500. The van der Waals surface area contributed by atoms with Crippen LogP contribution < -0.4 is 4.74 Å². The van der Waals surface area contributed by atoms with Gasteiger partial charge in [-0.1, -0.05) is 0 Å². The molecule has 0 unspecified atom stereocenters. The number of hydrogen-bond donors (Lipinski definition) is 0. The third kappa shape index (κ3) is 5.47. The van der Waals surface area contributed by atoms with Gasteiger partial charge in [0.1, 0.15) is 5.75 Å². The Morgan fingerprint density at radius 2 is 1.95 bits per heavy atom. The average molecular weight is 399 g/mol. The highest BCUT2D eigenvalue weighted by molar-refractivity contribution is 14.1. The molecule has 2 nitrogen and oxygen atoms in total. The van der Waals surface area contributed by atoms with Crippen molar-refractivity contribution < 1.29 is 17.9 Å². The van der Waals surface area contributed by atoms with Gasteiger partial charge in [0.15, 0.2) is 0 Å². The Kier molecular flexibility index (Phi) is 5.54. The third-order valence-corrected chi connectivity index (χ3v) is 4.02. The molecule has 0 aliphatic carbocycles. The largest absolute Gasteiger partial charge is 0.493 e. The molecule has 1 saturated heterocycles. The van der Waals surface area contributed by atoms with E-state index in [1.807, 2.05) is 24.3 Å². The maximum Gasteiger partial charge on any atom is 0.401 e. The zero-order valence-corrected chi connectivity index (χ0v) is 13.2. The number of ether oxygens (including phenoxy) is 1. The Balaban J connectivity index is 1.79. The van der Waals surface area contributed by atoms with E-state index in [9.17, 15) is 13.2 Å². The second-order valence-corrected chi connectivity index (χ2v) is 6.37. The third-order valence-electron chi connectivity index (χ3n) is 3.31. The molecule has 0 bridgehead atoms. The minimum absolute atomic E-state index is 0.172. The summed E-state index contributed by atoms with van der Waals surface area (Å²) in [5.74, 6) is 0.948. The molecule has 1 aliphatic rings. The van der Waals surface area contributed by atoms with Crippen LogP contribution in [0.2, 0.25) is 0 Å². The monoisotopic (exact) mass is 399 g/mol. The van der Waals surface area contributed by atoms with Crippen LogP contribution >= 0.6 is 22.6 Å². The maximum atomic E-state index is 12.4. The number of nitrogens with zero attached hydrogens (tertiary/aromatic N) is 1. The first-order valence-electron chi connectivity index (χ1n) is 6.60. The summed E-state index contributed by atoms with van der Waals surface area (Å²) in [6.45, 7) is 0.658. The Morgan fingerprint density at radius 3 is 2.60 bits per heavy atom. The zero-order chi connectivity index (χ0) is 14.6. The first-order valence-corrected chi connectivity index (χ1v) is 7.68. The molecule has 0 spiro atoms. The summed E-state index contributed by atoms with van der Waals surface area (Å²) < 4.78 is 43.9. The summed E-state index contributed by atoms with van der Waals surface area (Å²) >= 11 is 2.21. The number of likely N-dealkylation sites (tertiary alicyclic amines) is 1. The van der Waals surface area contributed by atoms with Gasteiger partial charge in [-0.2, -0.15) is 13.2 Å². The van der Waals surface area contributed by atoms with Gasteiger partial charge in [-0.15, -0.1) is 0 Å². The van der Waals surface area contributed by atoms with Crippen molar-refractivity contribution in [3.63, 3.8) is 0 Å².